The fourth-order valence-electron chi connectivity index (χ4n) is 5.02. The van der Waals surface area contributed by atoms with E-state index in [0.29, 0.717) is 6.42 Å². The number of benzene rings is 2. The Balaban J connectivity index is 1.75. The van der Waals surface area contributed by atoms with Crippen LogP contribution in [0.15, 0.2) is 60.7 Å². The highest BCUT2D eigenvalue weighted by atomic mass is 16.6. The van der Waals surface area contributed by atoms with Crippen molar-refractivity contribution in [3.8, 4) is 0 Å². The lowest BCUT2D eigenvalue weighted by Crippen LogP contribution is -2.39. The number of esters is 1. The molecular weight excluding hydrogens is 406 g/mol. The molecule has 0 amide bonds. The van der Waals surface area contributed by atoms with E-state index in [2.05, 4.69) is 65.6 Å². The highest BCUT2D eigenvalue weighted by Crippen LogP contribution is 2.29. The van der Waals surface area contributed by atoms with Crippen molar-refractivity contribution in [2.75, 3.05) is 6.54 Å². The molecule has 0 N–H and O–H groups in total. The molecular formula is C30H43NO2. The predicted octanol–water partition coefficient (Wildman–Crippen LogP) is 7.19. The molecule has 0 spiro atoms. The summed E-state index contributed by atoms with van der Waals surface area (Å²) in [5.74, 6) is 0.738. The molecule has 0 saturated heterocycles. The van der Waals surface area contributed by atoms with Gasteiger partial charge in [0.05, 0.1) is 6.42 Å². The van der Waals surface area contributed by atoms with Gasteiger partial charge in [-0.15, -0.1) is 0 Å². The first-order chi connectivity index (χ1) is 15.9. The summed E-state index contributed by atoms with van der Waals surface area (Å²) in [6, 6.07) is 21.6. The first-order valence-corrected chi connectivity index (χ1v) is 12.9. The second-order valence-corrected chi connectivity index (χ2v) is 10.7. The lowest BCUT2D eigenvalue weighted by molar-refractivity contribution is -0.156. The van der Waals surface area contributed by atoms with Gasteiger partial charge in [0.15, 0.2) is 0 Å². The SMILES string of the molecule is CC(C)(C)OC(=O)CC(CCC1CCCCC1)N(CCc1ccccc1)Cc1ccccc1. The molecule has 1 fully saturated rings. The van der Waals surface area contributed by atoms with Gasteiger partial charge in [0.25, 0.3) is 0 Å². The van der Waals surface area contributed by atoms with Crippen LogP contribution in [0.3, 0.4) is 0 Å². The van der Waals surface area contributed by atoms with Crippen molar-refractivity contribution in [3.63, 3.8) is 0 Å². The first-order valence-electron chi connectivity index (χ1n) is 12.9. The van der Waals surface area contributed by atoms with Gasteiger partial charge in [-0.25, -0.2) is 0 Å². The standard InChI is InChI=1S/C30H43NO2/c1-30(2,3)33-29(32)23-28(20-19-25-13-7-4-8-14-25)31(24-27-17-11-6-12-18-27)22-21-26-15-9-5-10-16-26/h5-6,9-12,15-18,25,28H,4,7-8,13-14,19-24H2,1-3H3. The van der Waals surface area contributed by atoms with Crippen molar-refractivity contribution in [1.29, 1.82) is 0 Å². The van der Waals surface area contributed by atoms with Crippen molar-refractivity contribution in [2.45, 2.75) is 96.7 Å². The summed E-state index contributed by atoms with van der Waals surface area (Å²) in [6.45, 7) is 7.68. The first kappa shape index (κ1) is 25.5. The molecule has 1 unspecified atom stereocenters. The maximum atomic E-state index is 12.9. The van der Waals surface area contributed by atoms with Crippen LogP contribution in [-0.4, -0.2) is 29.1 Å². The molecule has 3 nitrogen and oxygen atoms in total. The third-order valence-corrected chi connectivity index (χ3v) is 6.73. The van der Waals surface area contributed by atoms with Crippen LogP contribution >= 0.6 is 0 Å². The number of carbonyl (C=O) groups is 1. The molecule has 3 rings (SSSR count). The van der Waals surface area contributed by atoms with Gasteiger partial charge < -0.3 is 4.74 Å². The maximum Gasteiger partial charge on any atom is 0.307 e. The van der Waals surface area contributed by atoms with E-state index >= 15 is 0 Å². The van der Waals surface area contributed by atoms with Crippen LogP contribution in [0.25, 0.3) is 0 Å². The Morgan fingerprint density at radius 1 is 0.939 bits per heavy atom. The zero-order valence-corrected chi connectivity index (χ0v) is 21.0. The molecule has 1 atom stereocenters. The van der Waals surface area contributed by atoms with Gasteiger partial charge in [0.1, 0.15) is 5.60 Å². The van der Waals surface area contributed by atoms with Gasteiger partial charge >= 0.3 is 5.97 Å². The van der Waals surface area contributed by atoms with Gasteiger partial charge in [-0.2, -0.15) is 0 Å². The van der Waals surface area contributed by atoms with E-state index < -0.39 is 5.60 Å². The lowest BCUT2D eigenvalue weighted by Gasteiger charge is -2.34. The largest absolute Gasteiger partial charge is 0.460 e. The Morgan fingerprint density at radius 2 is 1.55 bits per heavy atom. The van der Waals surface area contributed by atoms with Gasteiger partial charge in [-0.1, -0.05) is 92.8 Å². The quantitative estimate of drug-likeness (QED) is 0.340. The van der Waals surface area contributed by atoms with E-state index in [0.717, 1.165) is 31.8 Å². The highest BCUT2D eigenvalue weighted by Gasteiger charge is 2.26. The number of hydrogen-bond acceptors (Lipinski definition) is 3. The van der Waals surface area contributed by atoms with E-state index in [1.807, 2.05) is 20.8 Å². The van der Waals surface area contributed by atoms with Gasteiger partial charge in [0, 0.05) is 19.1 Å². The van der Waals surface area contributed by atoms with Crippen LogP contribution in [0.5, 0.6) is 0 Å². The van der Waals surface area contributed by atoms with Crippen LogP contribution < -0.4 is 0 Å². The number of hydrogen-bond donors (Lipinski definition) is 0. The summed E-state index contributed by atoms with van der Waals surface area (Å²) in [6.07, 6.45) is 10.5. The molecule has 180 valence electrons. The third-order valence-electron chi connectivity index (χ3n) is 6.73. The molecule has 3 heteroatoms. The van der Waals surface area contributed by atoms with Crippen LogP contribution in [0.4, 0.5) is 0 Å². The Labute approximate surface area is 201 Å². The Hall–Kier alpha value is -2.13. The molecule has 0 bridgehead atoms. The fourth-order valence-corrected chi connectivity index (χ4v) is 5.02. The minimum absolute atomic E-state index is 0.0751. The Morgan fingerprint density at radius 3 is 2.15 bits per heavy atom. The summed E-state index contributed by atoms with van der Waals surface area (Å²) in [7, 11) is 0. The fraction of sp³-hybridized carbons (Fsp3) is 0.567. The van der Waals surface area contributed by atoms with Crippen molar-refractivity contribution >= 4 is 5.97 Å². The third kappa shape index (κ3) is 9.71. The van der Waals surface area contributed by atoms with Gasteiger partial charge in [0.2, 0.25) is 0 Å². The summed E-state index contributed by atoms with van der Waals surface area (Å²) >= 11 is 0. The minimum Gasteiger partial charge on any atom is -0.460 e. The summed E-state index contributed by atoms with van der Waals surface area (Å²) < 4.78 is 5.76. The molecule has 0 aliphatic heterocycles. The number of ether oxygens (including phenoxy) is 1. The average molecular weight is 450 g/mol. The molecule has 0 aromatic heterocycles. The smallest absolute Gasteiger partial charge is 0.307 e. The van der Waals surface area contributed by atoms with Crippen molar-refractivity contribution < 1.29 is 9.53 Å². The van der Waals surface area contributed by atoms with E-state index in [-0.39, 0.29) is 12.0 Å². The second kappa shape index (κ2) is 12.9. The average Bonchev–Trinajstić information content (AvgIpc) is 2.80. The Kier molecular flexibility index (Phi) is 9.99. The molecule has 1 aliphatic rings. The van der Waals surface area contributed by atoms with Crippen LogP contribution in [0.1, 0.15) is 83.3 Å². The second-order valence-electron chi connectivity index (χ2n) is 10.7. The molecule has 0 heterocycles. The zero-order chi connectivity index (χ0) is 23.5. The number of rotatable bonds is 11. The monoisotopic (exact) mass is 449 g/mol. The van der Waals surface area contributed by atoms with Crippen molar-refractivity contribution in [1.82, 2.24) is 4.90 Å². The maximum absolute atomic E-state index is 12.9. The number of carbonyl (C=O) groups excluding carboxylic acids is 1. The molecule has 2 aromatic carbocycles. The van der Waals surface area contributed by atoms with Gasteiger partial charge in [-0.3, -0.25) is 9.69 Å². The van der Waals surface area contributed by atoms with Gasteiger partial charge in [-0.05, 0) is 57.1 Å². The predicted molar refractivity (Wildman–Crippen MR) is 137 cm³/mol. The molecule has 1 saturated carbocycles. The summed E-state index contributed by atoms with van der Waals surface area (Å²) in [4.78, 5) is 15.4. The van der Waals surface area contributed by atoms with Crippen LogP contribution in [-0.2, 0) is 22.5 Å². The molecule has 2 aromatic rings. The van der Waals surface area contributed by atoms with E-state index in [1.54, 1.807) is 0 Å². The summed E-state index contributed by atoms with van der Waals surface area (Å²) in [5.41, 5.74) is 2.20. The zero-order valence-electron chi connectivity index (χ0n) is 21.0. The lowest BCUT2D eigenvalue weighted by atomic mass is 9.84. The highest BCUT2D eigenvalue weighted by molar-refractivity contribution is 5.70. The molecule has 1 aliphatic carbocycles. The molecule has 0 radical (unpaired) electrons. The normalized spacial score (nSPS) is 16.0. The number of nitrogens with zero attached hydrogens (tertiary/aromatic N) is 1. The van der Waals surface area contributed by atoms with Crippen molar-refractivity contribution in [2.24, 2.45) is 5.92 Å². The van der Waals surface area contributed by atoms with E-state index in [4.69, 9.17) is 4.74 Å². The Bertz CT molecular complexity index is 806. The topological polar surface area (TPSA) is 29.5 Å². The van der Waals surface area contributed by atoms with E-state index in [1.165, 1.54) is 49.7 Å². The van der Waals surface area contributed by atoms with Crippen LogP contribution in [0.2, 0.25) is 0 Å². The van der Waals surface area contributed by atoms with E-state index in [9.17, 15) is 4.79 Å². The van der Waals surface area contributed by atoms with Crippen molar-refractivity contribution in [3.05, 3.63) is 71.8 Å². The molecule has 33 heavy (non-hydrogen) atoms. The minimum atomic E-state index is -0.445. The summed E-state index contributed by atoms with van der Waals surface area (Å²) in [5, 5.41) is 0. The van der Waals surface area contributed by atoms with Crippen LogP contribution in [0, 0.1) is 5.92 Å².